The standard InChI is InChI=1S/C27H48N4O4S2/c1-7-28-18-22(34)30(24(28)36)26(3,4)16-10-14-20(32)12-9-13-21(33)15-11-17-27(5,6)31-23(35)19-29(8-2)25(31)37/h18-21,32-35H,7-17H2,1-6H3. The highest BCUT2D eigenvalue weighted by Crippen LogP contribution is 2.31. The summed E-state index contributed by atoms with van der Waals surface area (Å²) in [6.45, 7) is 13.6. The molecule has 0 radical (unpaired) electrons. The van der Waals surface area contributed by atoms with Gasteiger partial charge in [0.2, 0.25) is 11.8 Å². The molecule has 0 saturated heterocycles. The second-order valence-electron chi connectivity index (χ2n) is 11.4. The van der Waals surface area contributed by atoms with Crippen LogP contribution >= 0.6 is 24.4 Å². The average Bonchev–Trinajstić information content (AvgIpc) is 3.27. The van der Waals surface area contributed by atoms with Gasteiger partial charge in [-0.3, -0.25) is 9.13 Å². The molecule has 0 aliphatic heterocycles. The minimum Gasteiger partial charge on any atom is -0.493 e. The zero-order chi connectivity index (χ0) is 28.0. The molecule has 0 spiro atoms. The van der Waals surface area contributed by atoms with Crippen LogP contribution in [0.25, 0.3) is 0 Å². The summed E-state index contributed by atoms with van der Waals surface area (Å²) in [6.07, 6.45) is 9.20. The van der Waals surface area contributed by atoms with E-state index >= 15 is 0 Å². The first kappa shape index (κ1) is 31.6. The van der Waals surface area contributed by atoms with Crippen LogP contribution in [0.5, 0.6) is 11.8 Å². The number of aliphatic hydroxyl groups is 2. The van der Waals surface area contributed by atoms with Crippen molar-refractivity contribution < 1.29 is 20.4 Å². The topological polar surface area (TPSA) is 101 Å². The molecule has 0 saturated carbocycles. The molecular formula is C27H48N4O4S2. The molecule has 0 amide bonds. The highest BCUT2D eigenvalue weighted by Gasteiger charge is 2.26. The molecule has 212 valence electrons. The molecule has 8 nitrogen and oxygen atoms in total. The average molecular weight is 557 g/mol. The summed E-state index contributed by atoms with van der Waals surface area (Å²) in [7, 11) is 0. The van der Waals surface area contributed by atoms with Gasteiger partial charge in [-0.1, -0.05) is 0 Å². The third kappa shape index (κ3) is 8.18. The van der Waals surface area contributed by atoms with Gasteiger partial charge in [0.25, 0.3) is 0 Å². The van der Waals surface area contributed by atoms with E-state index in [9.17, 15) is 20.4 Å². The van der Waals surface area contributed by atoms with Crippen LogP contribution in [0.2, 0.25) is 0 Å². The first-order valence-electron chi connectivity index (χ1n) is 13.6. The molecule has 10 heteroatoms. The summed E-state index contributed by atoms with van der Waals surface area (Å²) in [6, 6.07) is 0. The fraction of sp³-hybridized carbons (Fsp3) is 0.778. The molecule has 37 heavy (non-hydrogen) atoms. The molecule has 0 aliphatic rings. The van der Waals surface area contributed by atoms with Crippen molar-refractivity contribution >= 4 is 24.4 Å². The molecule has 2 aromatic heterocycles. The third-order valence-corrected chi connectivity index (χ3v) is 8.33. The second-order valence-corrected chi connectivity index (χ2v) is 12.2. The quantitative estimate of drug-likeness (QED) is 0.184. The van der Waals surface area contributed by atoms with Crippen molar-refractivity contribution in [2.75, 3.05) is 0 Å². The predicted molar refractivity (Wildman–Crippen MR) is 153 cm³/mol. The Bertz CT molecular complexity index is 1030. The fourth-order valence-electron chi connectivity index (χ4n) is 5.19. The Labute approximate surface area is 232 Å². The van der Waals surface area contributed by atoms with E-state index in [0.29, 0.717) is 48.3 Å². The van der Waals surface area contributed by atoms with Crippen molar-refractivity contribution in [1.82, 2.24) is 18.3 Å². The van der Waals surface area contributed by atoms with E-state index in [1.54, 1.807) is 21.5 Å². The van der Waals surface area contributed by atoms with Crippen LogP contribution in [0.15, 0.2) is 12.4 Å². The van der Waals surface area contributed by atoms with Crippen molar-refractivity contribution in [3.05, 3.63) is 21.9 Å². The summed E-state index contributed by atoms with van der Waals surface area (Å²) < 4.78 is 8.53. The van der Waals surface area contributed by atoms with Gasteiger partial charge in [-0.25, -0.2) is 0 Å². The van der Waals surface area contributed by atoms with Crippen LogP contribution in [0.1, 0.15) is 99.3 Å². The van der Waals surface area contributed by atoms with E-state index in [1.165, 1.54) is 0 Å². The number of hydrogen-bond donors (Lipinski definition) is 4. The van der Waals surface area contributed by atoms with E-state index in [-0.39, 0.29) is 22.8 Å². The van der Waals surface area contributed by atoms with Crippen molar-refractivity contribution in [1.29, 1.82) is 0 Å². The largest absolute Gasteiger partial charge is 0.493 e. The Morgan fingerprint density at radius 1 is 0.676 bits per heavy atom. The highest BCUT2D eigenvalue weighted by atomic mass is 32.1. The lowest BCUT2D eigenvalue weighted by Crippen LogP contribution is -2.27. The number of imidazole rings is 2. The summed E-state index contributed by atoms with van der Waals surface area (Å²) in [5.41, 5.74) is -0.684. The van der Waals surface area contributed by atoms with Crippen LogP contribution < -0.4 is 0 Å². The zero-order valence-electron chi connectivity index (χ0n) is 23.5. The Morgan fingerprint density at radius 2 is 1.00 bits per heavy atom. The molecule has 0 aromatic carbocycles. The van der Waals surface area contributed by atoms with E-state index in [4.69, 9.17) is 24.4 Å². The molecule has 2 heterocycles. The maximum atomic E-state index is 10.5. The van der Waals surface area contributed by atoms with E-state index in [1.807, 2.05) is 23.0 Å². The molecule has 2 atom stereocenters. The molecular weight excluding hydrogens is 508 g/mol. The van der Waals surface area contributed by atoms with Crippen LogP contribution in [0.3, 0.4) is 0 Å². The molecule has 2 unspecified atom stereocenters. The Balaban J connectivity index is 1.71. The summed E-state index contributed by atoms with van der Waals surface area (Å²) >= 11 is 11.0. The Morgan fingerprint density at radius 3 is 1.30 bits per heavy atom. The van der Waals surface area contributed by atoms with Crippen LogP contribution in [0.4, 0.5) is 0 Å². The minimum absolute atomic E-state index is 0.175. The lowest BCUT2D eigenvalue weighted by molar-refractivity contribution is 0.116. The van der Waals surface area contributed by atoms with Gasteiger partial charge in [0, 0.05) is 24.2 Å². The van der Waals surface area contributed by atoms with Crippen LogP contribution in [-0.2, 0) is 24.2 Å². The van der Waals surface area contributed by atoms with E-state index in [2.05, 4.69) is 27.7 Å². The molecule has 0 bridgehead atoms. The van der Waals surface area contributed by atoms with Crippen molar-refractivity contribution in [3.8, 4) is 11.8 Å². The van der Waals surface area contributed by atoms with Crippen LogP contribution in [-0.4, -0.2) is 50.9 Å². The van der Waals surface area contributed by atoms with Gasteiger partial charge in [0.05, 0.1) is 24.6 Å². The minimum atomic E-state index is -0.406. The van der Waals surface area contributed by atoms with Gasteiger partial charge < -0.3 is 29.6 Å². The first-order chi connectivity index (χ1) is 17.2. The van der Waals surface area contributed by atoms with E-state index < -0.39 is 12.2 Å². The van der Waals surface area contributed by atoms with Gasteiger partial charge in [-0.15, -0.1) is 0 Å². The number of aromatic nitrogens is 4. The van der Waals surface area contributed by atoms with Crippen molar-refractivity contribution in [2.45, 2.75) is 136 Å². The second kappa shape index (κ2) is 13.4. The zero-order valence-corrected chi connectivity index (χ0v) is 25.1. The summed E-state index contributed by atoms with van der Waals surface area (Å²) in [5.74, 6) is 0.350. The number of hydrogen-bond acceptors (Lipinski definition) is 6. The predicted octanol–water partition coefficient (Wildman–Crippen LogP) is 6.21. The van der Waals surface area contributed by atoms with Gasteiger partial charge >= 0.3 is 0 Å². The van der Waals surface area contributed by atoms with Gasteiger partial charge in [-0.2, -0.15) is 0 Å². The van der Waals surface area contributed by atoms with E-state index in [0.717, 1.165) is 32.1 Å². The number of nitrogens with zero attached hydrogens (tertiary/aromatic N) is 4. The van der Waals surface area contributed by atoms with Gasteiger partial charge in [0.15, 0.2) is 9.54 Å². The lowest BCUT2D eigenvalue weighted by Gasteiger charge is -2.28. The van der Waals surface area contributed by atoms with Crippen LogP contribution in [0, 0.1) is 9.54 Å². The SMILES string of the molecule is CCn1cc(O)n(C(C)(C)CCCC(O)CCCC(O)CCCC(C)(C)n2c(O)cn(CC)c2=S)c1=S. The molecule has 0 aliphatic carbocycles. The molecule has 4 N–H and O–H groups in total. The highest BCUT2D eigenvalue weighted by molar-refractivity contribution is 7.71. The van der Waals surface area contributed by atoms with Gasteiger partial charge in [0.1, 0.15) is 0 Å². The number of rotatable bonds is 16. The normalized spacial score (nSPS) is 14.3. The number of aryl methyl sites for hydroxylation is 2. The smallest absolute Gasteiger partial charge is 0.210 e. The molecule has 0 fully saturated rings. The Kier molecular flexibility index (Phi) is 11.5. The van der Waals surface area contributed by atoms with Crippen molar-refractivity contribution in [2.24, 2.45) is 0 Å². The monoisotopic (exact) mass is 556 g/mol. The molecule has 2 aromatic rings. The summed E-state index contributed by atoms with van der Waals surface area (Å²) in [5, 5.41) is 41.6. The lowest BCUT2D eigenvalue weighted by atomic mass is 9.93. The first-order valence-corrected chi connectivity index (χ1v) is 14.5. The summed E-state index contributed by atoms with van der Waals surface area (Å²) in [4.78, 5) is 0. The fourth-order valence-corrected chi connectivity index (χ4v) is 6.24. The molecule has 2 rings (SSSR count). The number of aliphatic hydroxyl groups excluding tert-OH is 2. The third-order valence-electron chi connectivity index (χ3n) is 7.49. The van der Waals surface area contributed by atoms with Crippen molar-refractivity contribution in [3.63, 3.8) is 0 Å². The maximum Gasteiger partial charge on any atom is 0.210 e. The maximum absolute atomic E-state index is 10.5. The Hall–Kier alpha value is -1.62. The number of aromatic hydroxyl groups is 2. The van der Waals surface area contributed by atoms with Gasteiger partial charge in [-0.05, 0) is 124 Å².